The van der Waals surface area contributed by atoms with Crippen molar-refractivity contribution in [1.29, 1.82) is 0 Å². The van der Waals surface area contributed by atoms with Gasteiger partial charge >= 0.3 is 6.09 Å². The molecule has 0 spiro atoms. The fourth-order valence-electron chi connectivity index (χ4n) is 0.218. The lowest BCUT2D eigenvalue weighted by molar-refractivity contribution is -0.0690. The van der Waals surface area contributed by atoms with Crippen molar-refractivity contribution in [3.8, 4) is 0 Å². The van der Waals surface area contributed by atoms with Crippen LogP contribution in [0.1, 0.15) is 6.92 Å². The van der Waals surface area contributed by atoms with E-state index in [1.54, 1.807) is 7.05 Å². The quantitative estimate of drug-likeness (QED) is 0.517. The van der Waals surface area contributed by atoms with Gasteiger partial charge in [-0.3, -0.25) is 0 Å². The molecule has 0 aromatic heterocycles. The highest BCUT2D eigenvalue weighted by Gasteiger charge is 1.96. The normalized spacial score (nSPS) is 9.38. The zero-order chi connectivity index (χ0) is 6.57. The predicted molar refractivity (Wildman–Crippen MR) is 29.0 cm³/mol. The summed E-state index contributed by atoms with van der Waals surface area (Å²) in [5, 5.41) is 1.35. The summed E-state index contributed by atoms with van der Waals surface area (Å²) in [6.07, 6.45) is -0.769. The highest BCUT2D eigenvalue weighted by molar-refractivity contribution is 5.64. The maximum atomic E-state index is 9.93. The number of primary amides is 1. The largest absolute Gasteiger partial charge is 0.423 e. The van der Waals surface area contributed by atoms with Gasteiger partial charge in [0.2, 0.25) is 0 Å². The monoisotopic (exact) mass is 118 g/mol. The van der Waals surface area contributed by atoms with Gasteiger partial charge in [0.05, 0.1) is 0 Å². The average molecular weight is 118 g/mol. The lowest BCUT2D eigenvalue weighted by atomic mass is 10.8. The maximum Gasteiger partial charge on any atom is 0.423 e. The molecule has 0 radical (unpaired) electrons. The van der Waals surface area contributed by atoms with Crippen molar-refractivity contribution < 1.29 is 9.63 Å². The minimum absolute atomic E-state index is 0.642. The van der Waals surface area contributed by atoms with Crippen molar-refractivity contribution in [2.45, 2.75) is 6.92 Å². The fraction of sp³-hybridized carbons (Fsp3) is 0.750. The second kappa shape index (κ2) is 3.26. The number of hydroxylamine groups is 2. The standard InChI is InChI=1S/C4H10N2O2/c1-3-6(2)8-4(5)7/h3H2,1-2H3,(H2,5,7). The fourth-order valence-corrected chi connectivity index (χ4v) is 0.218. The smallest absolute Gasteiger partial charge is 0.351 e. The van der Waals surface area contributed by atoms with E-state index in [1.807, 2.05) is 6.92 Å². The number of hydrogen-bond acceptors (Lipinski definition) is 3. The number of nitrogens with two attached hydrogens (primary N) is 1. The van der Waals surface area contributed by atoms with Crippen molar-refractivity contribution in [2.24, 2.45) is 5.73 Å². The van der Waals surface area contributed by atoms with E-state index in [0.29, 0.717) is 6.54 Å². The van der Waals surface area contributed by atoms with E-state index in [4.69, 9.17) is 0 Å². The lowest BCUT2D eigenvalue weighted by Crippen LogP contribution is -2.26. The molecule has 48 valence electrons. The predicted octanol–water partition coefficient (Wildman–Crippen LogP) is -0.0516. The Balaban J connectivity index is 3.24. The molecule has 0 rings (SSSR count). The van der Waals surface area contributed by atoms with Crippen LogP contribution < -0.4 is 5.73 Å². The molecule has 0 heterocycles. The summed E-state index contributed by atoms with van der Waals surface area (Å²) >= 11 is 0. The Kier molecular flexibility index (Phi) is 2.95. The Labute approximate surface area is 48.2 Å². The van der Waals surface area contributed by atoms with Gasteiger partial charge in [-0.1, -0.05) is 0 Å². The molecule has 4 heteroatoms. The molecular formula is C4H10N2O2. The van der Waals surface area contributed by atoms with E-state index in [-0.39, 0.29) is 0 Å². The van der Waals surface area contributed by atoms with Gasteiger partial charge in [0, 0.05) is 13.6 Å². The number of carbonyl (C=O) groups excluding carboxylic acids is 1. The van der Waals surface area contributed by atoms with Crippen molar-refractivity contribution in [2.75, 3.05) is 13.6 Å². The van der Waals surface area contributed by atoms with Crippen molar-refractivity contribution >= 4 is 6.09 Å². The second-order valence-electron chi connectivity index (χ2n) is 1.35. The van der Waals surface area contributed by atoms with Gasteiger partial charge in [-0.15, -0.1) is 5.06 Å². The van der Waals surface area contributed by atoms with E-state index >= 15 is 0 Å². The first-order chi connectivity index (χ1) is 3.66. The Morgan fingerprint density at radius 1 is 1.88 bits per heavy atom. The third-order valence-electron chi connectivity index (χ3n) is 0.691. The van der Waals surface area contributed by atoms with Crippen LogP contribution in [-0.4, -0.2) is 24.7 Å². The molecule has 0 bridgehead atoms. The molecule has 0 aliphatic heterocycles. The Morgan fingerprint density at radius 3 is 2.50 bits per heavy atom. The highest BCUT2D eigenvalue weighted by atomic mass is 16.7. The molecule has 8 heavy (non-hydrogen) atoms. The number of carbonyl (C=O) groups is 1. The molecule has 0 aromatic rings. The molecule has 0 aliphatic rings. The van der Waals surface area contributed by atoms with Gasteiger partial charge in [0.1, 0.15) is 0 Å². The van der Waals surface area contributed by atoms with Crippen LogP contribution in [0.3, 0.4) is 0 Å². The first-order valence-corrected chi connectivity index (χ1v) is 2.35. The second-order valence-corrected chi connectivity index (χ2v) is 1.35. The molecule has 0 fully saturated rings. The minimum Gasteiger partial charge on any atom is -0.351 e. The molecule has 0 aliphatic carbocycles. The Bertz CT molecular complexity index is 84.1. The topological polar surface area (TPSA) is 55.6 Å². The third kappa shape index (κ3) is 3.42. The summed E-state index contributed by atoms with van der Waals surface area (Å²) in [5.41, 5.74) is 4.67. The highest BCUT2D eigenvalue weighted by Crippen LogP contribution is 1.80. The zero-order valence-electron chi connectivity index (χ0n) is 5.05. The molecule has 1 amide bonds. The Morgan fingerprint density at radius 2 is 2.38 bits per heavy atom. The molecule has 0 unspecified atom stereocenters. The van der Waals surface area contributed by atoms with Crippen molar-refractivity contribution in [1.82, 2.24) is 5.06 Å². The number of nitrogens with zero attached hydrogens (tertiary/aromatic N) is 1. The summed E-state index contributed by atoms with van der Waals surface area (Å²) in [6.45, 7) is 2.49. The van der Waals surface area contributed by atoms with Gasteiger partial charge in [-0.2, -0.15) is 0 Å². The van der Waals surface area contributed by atoms with E-state index in [0.717, 1.165) is 0 Å². The van der Waals surface area contributed by atoms with Gasteiger partial charge in [0.15, 0.2) is 0 Å². The SMILES string of the molecule is CCN(C)OC(N)=O. The first kappa shape index (κ1) is 7.23. The lowest BCUT2D eigenvalue weighted by Gasteiger charge is -2.09. The van der Waals surface area contributed by atoms with Crippen LogP contribution in [0.25, 0.3) is 0 Å². The van der Waals surface area contributed by atoms with Gasteiger partial charge in [-0.05, 0) is 6.92 Å². The summed E-state index contributed by atoms with van der Waals surface area (Å²) in [6, 6.07) is 0. The third-order valence-corrected chi connectivity index (χ3v) is 0.691. The summed E-state index contributed by atoms with van der Waals surface area (Å²) in [4.78, 5) is 14.3. The first-order valence-electron chi connectivity index (χ1n) is 2.35. The van der Waals surface area contributed by atoms with E-state index in [2.05, 4.69) is 10.6 Å². The zero-order valence-corrected chi connectivity index (χ0v) is 5.05. The number of rotatable bonds is 2. The number of hydrogen-bond donors (Lipinski definition) is 1. The molecule has 0 saturated heterocycles. The molecule has 4 nitrogen and oxygen atoms in total. The van der Waals surface area contributed by atoms with Gasteiger partial charge in [-0.25, -0.2) is 4.79 Å². The number of amides is 1. The van der Waals surface area contributed by atoms with Crippen LogP contribution in [0.5, 0.6) is 0 Å². The van der Waals surface area contributed by atoms with Gasteiger partial charge in [0.25, 0.3) is 0 Å². The molecule has 2 N–H and O–H groups in total. The van der Waals surface area contributed by atoms with Crippen LogP contribution in [0.4, 0.5) is 4.79 Å². The van der Waals surface area contributed by atoms with Crippen LogP contribution >= 0.6 is 0 Å². The molecule has 0 aromatic carbocycles. The summed E-state index contributed by atoms with van der Waals surface area (Å²) < 4.78 is 0. The summed E-state index contributed by atoms with van der Waals surface area (Å²) in [7, 11) is 1.63. The van der Waals surface area contributed by atoms with Crippen molar-refractivity contribution in [3.05, 3.63) is 0 Å². The average Bonchev–Trinajstić information content (AvgIpc) is 1.65. The molecular weight excluding hydrogens is 108 g/mol. The van der Waals surface area contributed by atoms with E-state index in [1.165, 1.54) is 5.06 Å². The van der Waals surface area contributed by atoms with Crippen LogP contribution in [0, 0.1) is 0 Å². The van der Waals surface area contributed by atoms with E-state index in [9.17, 15) is 4.79 Å². The minimum atomic E-state index is -0.769. The van der Waals surface area contributed by atoms with Crippen LogP contribution in [-0.2, 0) is 4.84 Å². The molecule has 0 atom stereocenters. The maximum absolute atomic E-state index is 9.93. The van der Waals surface area contributed by atoms with Crippen LogP contribution in [0.2, 0.25) is 0 Å². The Hall–Kier alpha value is -0.770. The van der Waals surface area contributed by atoms with Crippen molar-refractivity contribution in [3.63, 3.8) is 0 Å². The molecule has 0 saturated carbocycles. The summed E-state index contributed by atoms with van der Waals surface area (Å²) in [5.74, 6) is 0. The van der Waals surface area contributed by atoms with E-state index < -0.39 is 6.09 Å². The van der Waals surface area contributed by atoms with Gasteiger partial charge < -0.3 is 10.6 Å². The van der Waals surface area contributed by atoms with Crippen LogP contribution in [0.15, 0.2) is 0 Å².